The van der Waals surface area contributed by atoms with Crippen molar-refractivity contribution in [1.82, 2.24) is 4.57 Å². The number of carbonyl (C=O) groups excluding carboxylic acids is 1. The van der Waals surface area contributed by atoms with E-state index in [4.69, 9.17) is 9.47 Å². The average Bonchev–Trinajstić information content (AvgIpc) is 3.35. The number of methoxy groups -OCH3 is 2. The molecule has 6 nitrogen and oxygen atoms in total. The summed E-state index contributed by atoms with van der Waals surface area (Å²) in [6.45, 7) is 1.75. The molecule has 0 N–H and O–H groups in total. The van der Waals surface area contributed by atoms with Crippen LogP contribution in [-0.4, -0.2) is 24.8 Å². The van der Waals surface area contributed by atoms with E-state index >= 15 is 0 Å². The first-order valence-electron chi connectivity index (χ1n) is 8.82. The van der Waals surface area contributed by atoms with E-state index in [2.05, 4.69) is 4.99 Å². The molecule has 29 heavy (non-hydrogen) atoms. The first-order chi connectivity index (χ1) is 14.0. The van der Waals surface area contributed by atoms with Gasteiger partial charge in [-0.1, -0.05) is 35.6 Å². The number of nitrogens with zero attached hydrogens (tertiary/aromatic N) is 2. The molecule has 0 fully saturated rings. The second kappa shape index (κ2) is 7.81. The highest BCUT2D eigenvalue weighted by atomic mass is 32.1. The summed E-state index contributed by atoms with van der Waals surface area (Å²) in [5, 5.41) is 1.96. The first kappa shape index (κ1) is 19.4. The Kier molecular flexibility index (Phi) is 5.21. The lowest BCUT2D eigenvalue weighted by Crippen LogP contribution is -2.39. The van der Waals surface area contributed by atoms with Crippen molar-refractivity contribution in [3.63, 3.8) is 0 Å². The van der Waals surface area contributed by atoms with Crippen LogP contribution in [-0.2, 0) is 9.53 Å². The zero-order valence-electron chi connectivity index (χ0n) is 16.0. The lowest BCUT2D eigenvalue weighted by Gasteiger charge is -2.25. The fourth-order valence-corrected chi connectivity index (χ4v) is 5.15. The molecule has 2 aromatic heterocycles. The molecule has 1 aromatic carbocycles. The van der Waals surface area contributed by atoms with Gasteiger partial charge in [-0.2, -0.15) is 0 Å². The number of benzene rings is 1. The third-order valence-corrected chi connectivity index (χ3v) is 6.48. The van der Waals surface area contributed by atoms with Crippen molar-refractivity contribution in [1.29, 1.82) is 0 Å². The Morgan fingerprint density at radius 2 is 2.00 bits per heavy atom. The molecule has 0 saturated heterocycles. The summed E-state index contributed by atoms with van der Waals surface area (Å²) in [5.41, 5.74) is 1.35. The van der Waals surface area contributed by atoms with Crippen LogP contribution in [0.5, 0.6) is 5.75 Å². The van der Waals surface area contributed by atoms with Gasteiger partial charge in [0, 0.05) is 10.4 Å². The molecule has 1 unspecified atom stereocenters. The monoisotopic (exact) mass is 426 g/mol. The third-order valence-electron chi connectivity index (χ3n) is 4.68. The predicted octanol–water partition coefficient (Wildman–Crippen LogP) is 2.48. The minimum Gasteiger partial charge on any atom is -0.496 e. The van der Waals surface area contributed by atoms with Crippen molar-refractivity contribution in [3.05, 3.63) is 83.2 Å². The van der Waals surface area contributed by atoms with Crippen LogP contribution in [0.1, 0.15) is 23.4 Å². The standard InChI is InChI=1S/C21H18N2O4S2/c1-12-17(20(25)27-3)18(14-8-4-5-9-15(14)26-2)23-19(24)16(29-21(23)22-12)11-13-7-6-10-28-13/h4-11,18H,1-3H3. The number of thiazole rings is 1. The predicted molar refractivity (Wildman–Crippen MR) is 113 cm³/mol. The smallest absolute Gasteiger partial charge is 0.338 e. The highest BCUT2D eigenvalue weighted by Crippen LogP contribution is 2.35. The molecule has 3 heterocycles. The second-order valence-electron chi connectivity index (χ2n) is 6.33. The molecule has 0 radical (unpaired) electrons. The van der Waals surface area contributed by atoms with Gasteiger partial charge in [0.2, 0.25) is 0 Å². The minimum atomic E-state index is -0.680. The summed E-state index contributed by atoms with van der Waals surface area (Å²) in [4.78, 5) is 32.1. The van der Waals surface area contributed by atoms with Crippen molar-refractivity contribution < 1.29 is 14.3 Å². The number of allylic oxidation sites excluding steroid dienone is 1. The van der Waals surface area contributed by atoms with E-state index in [-0.39, 0.29) is 5.56 Å². The first-order valence-corrected chi connectivity index (χ1v) is 10.5. The number of rotatable bonds is 4. The lowest BCUT2D eigenvalue weighted by molar-refractivity contribution is -0.136. The van der Waals surface area contributed by atoms with E-state index in [1.807, 2.05) is 41.8 Å². The molecular weight excluding hydrogens is 408 g/mol. The zero-order chi connectivity index (χ0) is 20.5. The molecule has 1 atom stereocenters. The van der Waals surface area contributed by atoms with Crippen LogP contribution >= 0.6 is 22.7 Å². The van der Waals surface area contributed by atoms with Gasteiger partial charge < -0.3 is 9.47 Å². The molecule has 3 aromatic rings. The van der Waals surface area contributed by atoms with Gasteiger partial charge in [-0.05, 0) is 30.5 Å². The summed E-state index contributed by atoms with van der Waals surface area (Å²) < 4.78 is 12.7. The maximum absolute atomic E-state index is 13.4. The van der Waals surface area contributed by atoms with Crippen molar-refractivity contribution in [2.45, 2.75) is 13.0 Å². The number of para-hydroxylation sites is 1. The number of fused-ring (bicyclic) bond motifs is 1. The van der Waals surface area contributed by atoms with Crippen molar-refractivity contribution in [2.24, 2.45) is 4.99 Å². The molecule has 0 spiro atoms. The number of aromatic nitrogens is 1. The van der Waals surface area contributed by atoms with Gasteiger partial charge in [-0.3, -0.25) is 9.36 Å². The van der Waals surface area contributed by atoms with Crippen LogP contribution < -0.4 is 19.6 Å². The van der Waals surface area contributed by atoms with Crippen LogP contribution in [0.15, 0.2) is 62.8 Å². The Morgan fingerprint density at radius 3 is 2.69 bits per heavy atom. The number of ether oxygens (including phenoxy) is 2. The van der Waals surface area contributed by atoms with E-state index in [1.54, 1.807) is 36.0 Å². The van der Waals surface area contributed by atoms with Gasteiger partial charge in [0.1, 0.15) is 11.8 Å². The Labute approximate surface area is 174 Å². The summed E-state index contributed by atoms with van der Waals surface area (Å²) in [7, 11) is 2.89. The Morgan fingerprint density at radius 1 is 1.21 bits per heavy atom. The van der Waals surface area contributed by atoms with Gasteiger partial charge in [0.15, 0.2) is 4.80 Å². The molecule has 0 amide bonds. The van der Waals surface area contributed by atoms with Gasteiger partial charge >= 0.3 is 5.97 Å². The van der Waals surface area contributed by atoms with Crippen LogP contribution in [0.3, 0.4) is 0 Å². The van der Waals surface area contributed by atoms with Gasteiger partial charge in [-0.25, -0.2) is 9.79 Å². The molecule has 8 heteroatoms. The van der Waals surface area contributed by atoms with E-state index in [0.29, 0.717) is 31.9 Å². The number of thiophene rings is 1. The van der Waals surface area contributed by atoms with E-state index in [9.17, 15) is 9.59 Å². The normalized spacial score (nSPS) is 16.4. The van der Waals surface area contributed by atoms with E-state index in [1.165, 1.54) is 18.4 Å². The average molecular weight is 427 g/mol. The number of hydrogen-bond donors (Lipinski definition) is 0. The summed E-state index contributed by atoms with van der Waals surface area (Å²) in [5.74, 6) is 0.0659. The third kappa shape index (κ3) is 3.34. The fourth-order valence-electron chi connectivity index (χ4n) is 3.38. The maximum atomic E-state index is 13.4. The Balaban J connectivity index is 2.03. The molecule has 1 aliphatic rings. The van der Waals surface area contributed by atoms with Crippen molar-refractivity contribution in [3.8, 4) is 5.75 Å². The summed E-state index contributed by atoms with van der Waals surface area (Å²) in [6.07, 6.45) is 1.85. The SMILES string of the molecule is COC(=O)C1=C(C)N=c2sc(=Cc3cccs3)c(=O)n2C1c1ccccc1OC. The summed E-state index contributed by atoms with van der Waals surface area (Å²) >= 11 is 2.86. The summed E-state index contributed by atoms with van der Waals surface area (Å²) in [6, 6.07) is 10.6. The molecule has 4 rings (SSSR count). The molecule has 148 valence electrons. The Hall–Kier alpha value is -2.97. The van der Waals surface area contributed by atoms with Gasteiger partial charge in [-0.15, -0.1) is 11.3 Å². The number of hydrogen-bond acceptors (Lipinski definition) is 7. The number of carbonyl (C=O) groups is 1. The topological polar surface area (TPSA) is 69.9 Å². The lowest BCUT2D eigenvalue weighted by atomic mass is 9.95. The quantitative estimate of drug-likeness (QED) is 0.601. The second-order valence-corrected chi connectivity index (χ2v) is 8.32. The van der Waals surface area contributed by atoms with Crippen LogP contribution in [0.25, 0.3) is 6.08 Å². The molecule has 0 saturated carbocycles. The molecule has 1 aliphatic heterocycles. The van der Waals surface area contributed by atoms with Crippen LogP contribution in [0.2, 0.25) is 0 Å². The molecular formula is C21H18N2O4S2. The number of esters is 1. The Bertz CT molecular complexity index is 1280. The van der Waals surface area contributed by atoms with Gasteiger partial charge in [0.25, 0.3) is 5.56 Å². The molecule has 0 aliphatic carbocycles. The zero-order valence-corrected chi connectivity index (χ0v) is 17.7. The van der Waals surface area contributed by atoms with Crippen LogP contribution in [0.4, 0.5) is 0 Å². The van der Waals surface area contributed by atoms with E-state index < -0.39 is 12.0 Å². The minimum absolute atomic E-state index is 0.202. The highest BCUT2D eigenvalue weighted by Gasteiger charge is 2.34. The van der Waals surface area contributed by atoms with Crippen LogP contribution in [0, 0.1) is 0 Å². The van der Waals surface area contributed by atoms with Gasteiger partial charge in [0.05, 0.1) is 30.0 Å². The van der Waals surface area contributed by atoms with E-state index in [0.717, 1.165) is 4.88 Å². The largest absolute Gasteiger partial charge is 0.496 e. The van der Waals surface area contributed by atoms with Crippen molar-refractivity contribution >= 4 is 34.7 Å². The highest BCUT2D eigenvalue weighted by molar-refractivity contribution is 7.11. The fraction of sp³-hybridized carbons (Fsp3) is 0.190. The maximum Gasteiger partial charge on any atom is 0.338 e. The molecule has 0 bridgehead atoms. The van der Waals surface area contributed by atoms with Crippen molar-refractivity contribution in [2.75, 3.05) is 14.2 Å².